The van der Waals surface area contributed by atoms with Crippen LogP contribution in [0.1, 0.15) is 39.0 Å². The van der Waals surface area contributed by atoms with Crippen molar-refractivity contribution in [2.75, 3.05) is 19.6 Å². The molecule has 16 heavy (non-hydrogen) atoms. The summed E-state index contributed by atoms with van der Waals surface area (Å²) in [5, 5.41) is 6.36. The number of carbonyl (C=O) groups excluding carboxylic acids is 1. The zero-order valence-electron chi connectivity index (χ0n) is 10.1. The van der Waals surface area contributed by atoms with Crippen LogP contribution in [0.25, 0.3) is 0 Å². The number of hydrogen-bond donors (Lipinski definition) is 2. The monoisotopic (exact) mass is 246 g/mol. The molecule has 1 aliphatic heterocycles. The average Bonchev–Trinajstić information content (AvgIpc) is 2.08. The lowest BCUT2D eigenvalue weighted by Gasteiger charge is -2.41. The van der Waals surface area contributed by atoms with Crippen molar-refractivity contribution in [2.24, 2.45) is 11.3 Å². The van der Waals surface area contributed by atoms with Gasteiger partial charge in [-0.15, -0.1) is 12.4 Å². The molecule has 2 aliphatic rings. The van der Waals surface area contributed by atoms with Gasteiger partial charge < -0.3 is 10.6 Å². The topological polar surface area (TPSA) is 41.1 Å². The molecule has 0 radical (unpaired) electrons. The highest BCUT2D eigenvalue weighted by atomic mass is 35.5. The number of rotatable bonds is 5. The summed E-state index contributed by atoms with van der Waals surface area (Å²) in [5.74, 6) is 0.996. The maximum atomic E-state index is 12.1. The standard InChI is InChI=1S/C12H22N2O.ClH/c1-2-4-12(5-3-6-12)11(15)14-9-10-7-13-8-10;/h10,13H,2-9H2,1H3,(H,14,15);1H. The van der Waals surface area contributed by atoms with Crippen LogP contribution >= 0.6 is 12.4 Å². The van der Waals surface area contributed by atoms with Crippen molar-refractivity contribution < 1.29 is 4.79 Å². The predicted octanol–water partition coefficient (Wildman–Crippen LogP) is 1.71. The molecule has 2 rings (SSSR count). The van der Waals surface area contributed by atoms with Crippen LogP contribution in [0.5, 0.6) is 0 Å². The summed E-state index contributed by atoms with van der Waals surface area (Å²) in [7, 11) is 0. The molecule has 3 nitrogen and oxygen atoms in total. The molecule has 1 saturated carbocycles. The second-order valence-corrected chi connectivity index (χ2v) is 5.12. The summed E-state index contributed by atoms with van der Waals surface area (Å²) >= 11 is 0. The fourth-order valence-electron chi connectivity index (χ4n) is 2.59. The molecule has 1 amide bonds. The normalized spacial score (nSPS) is 22.6. The number of amides is 1. The van der Waals surface area contributed by atoms with Gasteiger partial charge in [-0.05, 0) is 19.3 Å². The van der Waals surface area contributed by atoms with E-state index in [2.05, 4.69) is 17.6 Å². The largest absolute Gasteiger partial charge is 0.355 e. The Balaban J connectivity index is 0.00000128. The Labute approximate surface area is 104 Å². The van der Waals surface area contributed by atoms with Gasteiger partial charge in [0.2, 0.25) is 5.91 Å². The first kappa shape index (κ1) is 13.8. The van der Waals surface area contributed by atoms with Crippen molar-refractivity contribution in [3.63, 3.8) is 0 Å². The molecular formula is C12H23ClN2O. The zero-order valence-corrected chi connectivity index (χ0v) is 10.9. The van der Waals surface area contributed by atoms with Crippen molar-refractivity contribution in [3.05, 3.63) is 0 Å². The van der Waals surface area contributed by atoms with E-state index in [9.17, 15) is 4.79 Å². The summed E-state index contributed by atoms with van der Waals surface area (Å²) in [6.07, 6.45) is 5.64. The van der Waals surface area contributed by atoms with Gasteiger partial charge >= 0.3 is 0 Å². The number of carbonyl (C=O) groups is 1. The lowest BCUT2D eigenvalue weighted by molar-refractivity contribution is -0.136. The molecule has 1 heterocycles. The minimum atomic E-state index is 0. The molecule has 94 valence electrons. The van der Waals surface area contributed by atoms with E-state index in [1.54, 1.807) is 0 Å². The van der Waals surface area contributed by atoms with Gasteiger partial charge in [-0.1, -0.05) is 19.8 Å². The molecule has 2 N–H and O–H groups in total. The number of nitrogens with one attached hydrogen (secondary N) is 2. The molecule has 4 heteroatoms. The van der Waals surface area contributed by atoms with Crippen LogP contribution in [-0.4, -0.2) is 25.5 Å². The average molecular weight is 247 g/mol. The van der Waals surface area contributed by atoms with E-state index in [1.807, 2.05) is 0 Å². The molecule has 0 aromatic heterocycles. The summed E-state index contributed by atoms with van der Waals surface area (Å²) in [6, 6.07) is 0. The van der Waals surface area contributed by atoms with Crippen molar-refractivity contribution >= 4 is 18.3 Å². The third kappa shape index (κ3) is 2.69. The van der Waals surface area contributed by atoms with Crippen LogP contribution in [0.4, 0.5) is 0 Å². The molecule has 0 spiro atoms. The van der Waals surface area contributed by atoms with Gasteiger partial charge in [-0.2, -0.15) is 0 Å². The van der Waals surface area contributed by atoms with Crippen molar-refractivity contribution in [1.29, 1.82) is 0 Å². The van der Waals surface area contributed by atoms with Gasteiger partial charge in [-0.25, -0.2) is 0 Å². The number of halogens is 1. The van der Waals surface area contributed by atoms with Crippen molar-refractivity contribution in [2.45, 2.75) is 39.0 Å². The van der Waals surface area contributed by atoms with Gasteiger partial charge in [-0.3, -0.25) is 4.79 Å². The predicted molar refractivity (Wildman–Crippen MR) is 67.8 cm³/mol. The van der Waals surface area contributed by atoms with E-state index in [0.29, 0.717) is 11.8 Å². The number of hydrogen-bond acceptors (Lipinski definition) is 2. The summed E-state index contributed by atoms with van der Waals surface area (Å²) in [6.45, 7) is 5.18. The van der Waals surface area contributed by atoms with Crippen LogP contribution < -0.4 is 10.6 Å². The first-order valence-corrected chi connectivity index (χ1v) is 6.26. The van der Waals surface area contributed by atoms with Crippen LogP contribution in [0, 0.1) is 11.3 Å². The van der Waals surface area contributed by atoms with Crippen molar-refractivity contribution in [1.82, 2.24) is 10.6 Å². The quantitative estimate of drug-likeness (QED) is 0.776. The second-order valence-electron chi connectivity index (χ2n) is 5.12. The Morgan fingerprint density at radius 1 is 1.44 bits per heavy atom. The highest BCUT2D eigenvalue weighted by Crippen LogP contribution is 2.44. The molecule has 0 aromatic rings. The summed E-state index contributed by atoms with van der Waals surface area (Å²) < 4.78 is 0. The van der Waals surface area contributed by atoms with E-state index in [4.69, 9.17) is 0 Å². The molecule has 1 aliphatic carbocycles. The Bertz CT molecular complexity index is 237. The smallest absolute Gasteiger partial charge is 0.226 e. The molecule has 1 saturated heterocycles. The summed E-state index contributed by atoms with van der Waals surface area (Å²) in [4.78, 5) is 12.1. The van der Waals surface area contributed by atoms with Gasteiger partial charge in [0, 0.05) is 31.0 Å². The van der Waals surface area contributed by atoms with E-state index in [-0.39, 0.29) is 17.8 Å². The van der Waals surface area contributed by atoms with Gasteiger partial charge in [0.1, 0.15) is 0 Å². The fraction of sp³-hybridized carbons (Fsp3) is 0.917. The zero-order chi connectivity index (χ0) is 10.7. The molecule has 0 atom stereocenters. The van der Waals surface area contributed by atoms with Crippen LogP contribution in [0.2, 0.25) is 0 Å². The maximum absolute atomic E-state index is 12.1. The Kier molecular flexibility index (Phi) is 5.06. The SMILES string of the molecule is CCCC1(C(=O)NCC2CNC2)CCC1.Cl. The van der Waals surface area contributed by atoms with E-state index >= 15 is 0 Å². The second kappa shape index (κ2) is 5.87. The third-order valence-electron chi connectivity index (χ3n) is 3.94. The third-order valence-corrected chi connectivity index (χ3v) is 3.94. The molecular weight excluding hydrogens is 224 g/mol. The van der Waals surface area contributed by atoms with E-state index < -0.39 is 0 Å². The summed E-state index contributed by atoms with van der Waals surface area (Å²) in [5.41, 5.74) is 0.0198. The fourth-order valence-corrected chi connectivity index (χ4v) is 2.59. The van der Waals surface area contributed by atoms with Gasteiger partial charge in [0.05, 0.1) is 0 Å². The highest BCUT2D eigenvalue weighted by molar-refractivity contribution is 5.85. The maximum Gasteiger partial charge on any atom is 0.226 e. The minimum absolute atomic E-state index is 0. The van der Waals surface area contributed by atoms with Gasteiger partial charge in [0.15, 0.2) is 0 Å². The Morgan fingerprint density at radius 3 is 2.50 bits per heavy atom. The minimum Gasteiger partial charge on any atom is -0.355 e. The molecule has 0 bridgehead atoms. The Morgan fingerprint density at radius 2 is 2.12 bits per heavy atom. The van der Waals surface area contributed by atoms with Crippen LogP contribution in [0.15, 0.2) is 0 Å². The van der Waals surface area contributed by atoms with Gasteiger partial charge in [0.25, 0.3) is 0 Å². The Hall–Kier alpha value is -0.280. The van der Waals surface area contributed by atoms with Crippen LogP contribution in [0.3, 0.4) is 0 Å². The van der Waals surface area contributed by atoms with E-state index in [1.165, 1.54) is 6.42 Å². The molecule has 0 aromatic carbocycles. The first-order valence-electron chi connectivity index (χ1n) is 6.26. The lowest BCUT2D eigenvalue weighted by Crippen LogP contribution is -2.52. The molecule has 2 fully saturated rings. The van der Waals surface area contributed by atoms with Crippen LogP contribution in [-0.2, 0) is 4.79 Å². The lowest BCUT2D eigenvalue weighted by atomic mass is 9.65. The van der Waals surface area contributed by atoms with Crippen molar-refractivity contribution in [3.8, 4) is 0 Å². The van der Waals surface area contributed by atoms with E-state index in [0.717, 1.165) is 45.3 Å². The highest BCUT2D eigenvalue weighted by Gasteiger charge is 2.42. The molecule has 0 unspecified atom stereocenters. The first-order chi connectivity index (χ1) is 7.27.